The topological polar surface area (TPSA) is 0 Å². The van der Waals surface area contributed by atoms with Crippen molar-refractivity contribution in [2.24, 2.45) is 0 Å². The number of hydrogen-bond donors (Lipinski definition) is 0. The summed E-state index contributed by atoms with van der Waals surface area (Å²) in [7, 11) is 0. The molecule has 0 radical (unpaired) electrons. The molecular formula is C13H12BrClS. The molecule has 0 saturated carbocycles. The Hall–Kier alpha value is -0.310. The summed E-state index contributed by atoms with van der Waals surface area (Å²) in [6, 6.07) is 8.42. The van der Waals surface area contributed by atoms with Gasteiger partial charge in [0, 0.05) is 4.47 Å². The van der Waals surface area contributed by atoms with Crippen molar-refractivity contribution in [2.75, 3.05) is 0 Å². The third kappa shape index (κ3) is 2.88. The van der Waals surface area contributed by atoms with Crippen molar-refractivity contribution < 1.29 is 0 Å². The second-order valence-corrected chi connectivity index (χ2v) is 5.99. The zero-order chi connectivity index (χ0) is 11.5. The zero-order valence-electron chi connectivity index (χ0n) is 8.91. The molecule has 1 atom stereocenters. The fraction of sp³-hybridized carbons (Fsp3) is 0.231. The van der Waals surface area contributed by atoms with Crippen LogP contribution in [-0.4, -0.2) is 0 Å². The minimum absolute atomic E-state index is 0.0314. The molecule has 0 amide bonds. The van der Waals surface area contributed by atoms with E-state index in [1.807, 2.05) is 0 Å². The Balaban J connectivity index is 2.20. The van der Waals surface area contributed by atoms with Gasteiger partial charge in [-0.25, -0.2) is 0 Å². The maximum atomic E-state index is 6.45. The molecule has 1 heterocycles. The fourth-order valence-electron chi connectivity index (χ4n) is 1.63. The van der Waals surface area contributed by atoms with E-state index < -0.39 is 0 Å². The Morgan fingerprint density at radius 2 is 2.19 bits per heavy atom. The summed E-state index contributed by atoms with van der Waals surface area (Å²) in [6.07, 6.45) is 0.882. The molecule has 0 fully saturated rings. The number of alkyl halides is 1. The highest BCUT2D eigenvalue weighted by atomic mass is 79.9. The number of hydrogen-bond acceptors (Lipinski definition) is 1. The van der Waals surface area contributed by atoms with E-state index in [9.17, 15) is 0 Å². The quantitative estimate of drug-likeness (QED) is 0.670. The Morgan fingerprint density at radius 1 is 1.38 bits per heavy atom. The van der Waals surface area contributed by atoms with E-state index >= 15 is 0 Å². The van der Waals surface area contributed by atoms with Crippen molar-refractivity contribution in [3.05, 3.63) is 56.2 Å². The highest BCUT2D eigenvalue weighted by Gasteiger charge is 2.12. The summed E-state index contributed by atoms with van der Waals surface area (Å²) in [6.45, 7) is 2.09. The van der Waals surface area contributed by atoms with Crippen LogP contribution in [0.5, 0.6) is 0 Å². The predicted molar refractivity (Wildman–Crippen MR) is 75.5 cm³/mol. The lowest BCUT2D eigenvalue weighted by Crippen LogP contribution is -1.96. The van der Waals surface area contributed by atoms with Gasteiger partial charge in [-0.2, -0.15) is 11.3 Å². The Labute approximate surface area is 113 Å². The van der Waals surface area contributed by atoms with Crippen LogP contribution in [0.2, 0.25) is 0 Å². The molecule has 1 aromatic carbocycles. The third-order valence-electron chi connectivity index (χ3n) is 2.48. The Kier molecular flexibility index (Phi) is 4.06. The molecule has 0 N–H and O–H groups in total. The zero-order valence-corrected chi connectivity index (χ0v) is 12.1. The van der Waals surface area contributed by atoms with Crippen molar-refractivity contribution in [2.45, 2.75) is 18.7 Å². The van der Waals surface area contributed by atoms with Crippen LogP contribution in [0.25, 0.3) is 0 Å². The van der Waals surface area contributed by atoms with Gasteiger partial charge in [0.05, 0.1) is 5.38 Å². The SMILES string of the molecule is Cc1ccc(Br)c(C(Cl)Cc2ccsc2)c1. The molecule has 16 heavy (non-hydrogen) atoms. The number of benzene rings is 1. The monoisotopic (exact) mass is 314 g/mol. The van der Waals surface area contributed by atoms with Crippen LogP contribution < -0.4 is 0 Å². The number of thiophene rings is 1. The van der Waals surface area contributed by atoms with Gasteiger partial charge in [0.15, 0.2) is 0 Å². The van der Waals surface area contributed by atoms with E-state index in [1.165, 1.54) is 16.7 Å². The van der Waals surface area contributed by atoms with Gasteiger partial charge in [0.1, 0.15) is 0 Å². The van der Waals surface area contributed by atoms with E-state index in [0.717, 1.165) is 10.9 Å². The van der Waals surface area contributed by atoms with Crippen LogP contribution >= 0.6 is 38.9 Å². The molecule has 0 bridgehead atoms. The van der Waals surface area contributed by atoms with Crippen LogP contribution in [0.3, 0.4) is 0 Å². The summed E-state index contributed by atoms with van der Waals surface area (Å²) in [4.78, 5) is 0. The highest BCUT2D eigenvalue weighted by Crippen LogP contribution is 2.32. The third-order valence-corrected chi connectivity index (χ3v) is 4.33. The Bertz CT molecular complexity index is 465. The summed E-state index contributed by atoms with van der Waals surface area (Å²) in [5.74, 6) is 0. The summed E-state index contributed by atoms with van der Waals surface area (Å²) < 4.78 is 1.09. The number of aryl methyl sites for hydroxylation is 1. The number of halogens is 2. The molecule has 0 nitrogen and oxygen atoms in total. The van der Waals surface area contributed by atoms with E-state index in [4.69, 9.17) is 11.6 Å². The molecular weight excluding hydrogens is 304 g/mol. The average Bonchev–Trinajstić information content (AvgIpc) is 2.74. The maximum Gasteiger partial charge on any atom is 0.0636 e. The molecule has 0 aliphatic rings. The summed E-state index contributed by atoms with van der Waals surface area (Å²) >= 11 is 11.7. The first-order valence-corrected chi connectivity index (χ1v) is 7.25. The van der Waals surface area contributed by atoms with Crippen molar-refractivity contribution >= 4 is 38.9 Å². The second-order valence-electron chi connectivity index (χ2n) is 3.83. The molecule has 84 valence electrons. The van der Waals surface area contributed by atoms with E-state index in [-0.39, 0.29) is 5.38 Å². The fourth-order valence-corrected chi connectivity index (χ4v) is 3.32. The van der Waals surface area contributed by atoms with Crippen molar-refractivity contribution in [3.8, 4) is 0 Å². The molecule has 0 saturated heterocycles. The van der Waals surface area contributed by atoms with Crippen LogP contribution in [0.4, 0.5) is 0 Å². The van der Waals surface area contributed by atoms with Crippen molar-refractivity contribution in [1.29, 1.82) is 0 Å². The molecule has 2 aromatic rings. The van der Waals surface area contributed by atoms with E-state index in [1.54, 1.807) is 11.3 Å². The first-order valence-electron chi connectivity index (χ1n) is 5.08. The minimum atomic E-state index is 0.0314. The summed E-state index contributed by atoms with van der Waals surface area (Å²) in [5, 5.41) is 4.27. The standard InChI is InChI=1S/C13H12BrClS/c1-9-2-3-12(14)11(6-9)13(15)7-10-4-5-16-8-10/h2-6,8,13H,7H2,1H3. The molecule has 0 aliphatic carbocycles. The molecule has 3 heteroatoms. The summed E-state index contributed by atoms with van der Waals surface area (Å²) in [5.41, 5.74) is 3.72. The maximum absolute atomic E-state index is 6.45. The van der Waals surface area contributed by atoms with E-state index in [0.29, 0.717) is 0 Å². The van der Waals surface area contributed by atoms with Gasteiger partial charge in [-0.15, -0.1) is 11.6 Å². The minimum Gasteiger partial charge on any atom is -0.152 e. The van der Waals surface area contributed by atoms with Crippen LogP contribution in [0.15, 0.2) is 39.5 Å². The van der Waals surface area contributed by atoms with Crippen molar-refractivity contribution in [1.82, 2.24) is 0 Å². The lowest BCUT2D eigenvalue weighted by Gasteiger charge is -2.12. The van der Waals surface area contributed by atoms with Gasteiger partial charge < -0.3 is 0 Å². The van der Waals surface area contributed by atoms with Crippen LogP contribution in [0, 0.1) is 6.92 Å². The lowest BCUT2D eigenvalue weighted by molar-refractivity contribution is 0.917. The van der Waals surface area contributed by atoms with Gasteiger partial charge in [0.25, 0.3) is 0 Å². The number of rotatable bonds is 3. The van der Waals surface area contributed by atoms with E-state index in [2.05, 4.69) is 57.9 Å². The smallest absolute Gasteiger partial charge is 0.0636 e. The molecule has 1 unspecified atom stereocenters. The second kappa shape index (κ2) is 5.35. The van der Waals surface area contributed by atoms with Gasteiger partial charge in [0.2, 0.25) is 0 Å². The molecule has 1 aromatic heterocycles. The first kappa shape index (κ1) is 12.2. The van der Waals surface area contributed by atoms with Gasteiger partial charge in [-0.05, 0) is 47.4 Å². The molecule has 0 spiro atoms. The van der Waals surface area contributed by atoms with Crippen LogP contribution in [0.1, 0.15) is 22.1 Å². The molecule has 0 aliphatic heterocycles. The Morgan fingerprint density at radius 3 is 2.88 bits per heavy atom. The lowest BCUT2D eigenvalue weighted by atomic mass is 10.0. The largest absolute Gasteiger partial charge is 0.152 e. The first-order chi connectivity index (χ1) is 7.66. The molecule has 2 rings (SSSR count). The average molecular weight is 316 g/mol. The highest BCUT2D eigenvalue weighted by molar-refractivity contribution is 9.10. The van der Waals surface area contributed by atoms with Gasteiger partial charge >= 0.3 is 0 Å². The van der Waals surface area contributed by atoms with Gasteiger partial charge in [-0.3, -0.25) is 0 Å². The van der Waals surface area contributed by atoms with Crippen molar-refractivity contribution in [3.63, 3.8) is 0 Å². The van der Waals surface area contributed by atoms with Gasteiger partial charge in [-0.1, -0.05) is 33.6 Å². The normalized spacial score (nSPS) is 12.7. The predicted octanol–water partition coefficient (Wildman–Crippen LogP) is 5.34. The van der Waals surface area contributed by atoms with Crippen LogP contribution in [-0.2, 0) is 6.42 Å².